The molecule has 52 heavy (non-hydrogen) atoms. The highest BCUT2D eigenvalue weighted by Gasteiger charge is 2.22. The third-order valence-corrected chi connectivity index (χ3v) is 11.1. The second-order valence-corrected chi connectivity index (χ2v) is 13.9. The van der Waals surface area contributed by atoms with Gasteiger partial charge in [0.2, 0.25) is 0 Å². The molecule has 0 saturated heterocycles. The summed E-state index contributed by atoms with van der Waals surface area (Å²) in [6.07, 6.45) is 0. The Balaban J connectivity index is 1.20. The number of hydrogen-bond donors (Lipinski definition) is 0. The maximum atomic E-state index is 8.89. The quantitative estimate of drug-likeness (QED) is 0.173. The van der Waals surface area contributed by atoms with Gasteiger partial charge in [0.25, 0.3) is 0 Å². The molecule has 0 saturated carbocycles. The van der Waals surface area contributed by atoms with Crippen molar-refractivity contribution in [3.05, 3.63) is 170 Å². The normalized spacial score (nSPS) is 12.9. The zero-order valence-electron chi connectivity index (χ0n) is 31.6. The van der Waals surface area contributed by atoms with Gasteiger partial charge >= 0.3 is 0 Å². The molecule has 3 aromatic heterocycles. The van der Waals surface area contributed by atoms with Gasteiger partial charge < -0.3 is 4.57 Å². The standard InChI is InChI=1S/C47H28N4S/c1-3-13-29(14-4-1)45-48-46(30-15-5-2-6-16-30)50-47(49-45)31-23-25-32(26-24-31)51-39-28-27-38-35-19-11-12-22-40(35)52-44(38)42(39)41-36-20-9-7-17-33(36)34-18-8-10-21-37(34)43(41)51/h1-28H/i11D,12D,19D,22D. The Hall–Kier alpha value is -6.69. The van der Waals surface area contributed by atoms with E-state index in [9.17, 15) is 0 Å². The lowest BCUT2D eigenvalue weighted by molar-refractivity contribution is 1.07. The van der Waals surface area contributed by atoms with E-state index in [1.54, 1.807) is 0 Å². The van der Waals surface area contributed by atoms with Crippen molar-refractivity contribution in [2.24, 2.45) is 0 Å². The molecule has 0 radical (unpaired) electrons. The Morgan fingerprint density at radius 2 is 0.981 bits per heavy atom. The minimum absolute atomic E-state index is 0.00541. The minimum atomic E-state index is -0.216. The third-order valence-electron chi connectivity index (χ3n) is 9.97. The Bertz CT molecular complexity index is 3340. The molecule has 0 bridgehead atoms. The van der Waals surface area contributed by atoms with Crippen molar-refractivity contribution >= 4 is 74.9 Å². The second kappa shape index (κ2) is 11.4. The molecular formula is C47H28N4S. The number of rotatable bonds is 4. The van der Waals surface area contributed by atoms with Crippen molar-refractivity contribution in [1.82, 2.24) is 19.5 Å². The smallest absolute Gasteiger partial charge is 0.164 e. The van der Waals surface area contributed by atoms with Crippen molar-refractivity contribution in [2.75, 3.05) is 0 Å². The predicted octanol–water partition coefficient (Wildman–Crippen LogP) is 12.6. The molecule has 4 nitrogen and oxygen atoms in total. The zero-order valence-corrected chi connectivity index (χ0v) is 28.4. The van der Waals surface area contributed by atoms with Crippen LogP contribution in [0.15, 0.2) is 170 Å². The van der Waals surface area contributed by atoms with Crippen molar-refractivity contribution in [3.63, 3.8) is 0 Å². The van der Waals surface area contributed by atoms with Gasteiger partial charge in [-0.2, -0.15) is 0 Å². The van der Waals surface area contributed by atoms with Gasteiger partial charge in [-0.25, -0.2) is 15.0 Å². The first kappa shape index (κ1) is 25.3. The van der Waals surface area contributed by atoms with E-state index in [0.29, 0.717) is 27.6 Å². The molecule has 0 amide bonds. The second-order valence-electron chi connectivity index (χ2n) is 12.9. The number of benzene rings is 8. The van der Waals surface area contributed by atoms with Crippen LogP contribution in [0.5, 0.6) is 0 Å². The van der Waals surface area contributed by atoms with Crippen molar-refractivity contribution in [1.29, 1.82) is 0 Å². The molecule has 0 N–H and O–H groups in total. The van der Waals surface area contributed by atoms with Crippen LogP contribution in [0.1, 0.15) is 5.48 Å². The summed E-state index contributed by atoms with van der Waals surface area (Å²) in [5.41, 5.74) is 5.69. The average Bonchev–Trinajstić information content (AvgIpc) is 3.83. The van der Waals surface area contributed by atoms with E-state index in [1.165, 1.54) is 11.3 Å². The first-order valence-electron chi connectivity index (χ1n) is 19.1. The summed E-state index contributed by atoms with van der Waals surface area (Å²) < 4.78 is 38.4. The first-order chi connectivity index (χ1) is 27.5. The van der Waals surface area contributed by atoms with Crippen LogP contribution in [0.3, 0.4) is 0 Å². The molecule has 0 spiro atoms. The molecule has 0 aliphatic rings. The minimum Gasteiger partial charge on any atom is -0.309 e. The summed E-state index contributed by atoms with van der Waals surface area (Å²) in [7, 11) is 0. The van der Waals surface area contributed by atoms with Gasteiger partial charge in [-0.3, -0.25) is 0 Å². The van der Waals surface area contributed by atoms with E-state index in [1.807, 2.05) is 66.7 Å². The third kappa shape index (κ3) is 4.36. The molecule has 3 heterocycles. The summed E-state index contributed by atoms with van der Waals surface area (Å²) in [5.74, 6) is 1.79. The Morgan fingerprint density at radius 3 is 1.63 bits per heavy atom. The molecule has 11 aromatic rings. The summed E-state index contributed by atoms with van der Waals surface area (Å²) in [6, 6.07) is 49.0. The molecule has 11 rings (SSSR count). The molecule has 0 unspecified atom stereocenters. The van der Waals surface area contributed by atoms with Gasteiger partial charge in [-0.05, 0) is 52.5 Å². The van der Waals surface area contributed by atoms with Crippen molar-refractivity contribution < 1.29 is 5.48 Å². The van der Waals surface area contributed by atoms with Crippen LogP contribution in [0.25, 0.3) is 103 Å². The van der Waals surface area contributed by atoms with Crippen LogP contribution in [0.2, 0.25) is 0 Å². The molecule has 242 valence electrons. The highest BCUT2D eigenvalue weighted by Crippen LogP contribution is 2.47. The van der Waals surface area contributed by atoms with Gasteiger partial charge in [0.15, 0.2) is 17.5 Å². The number of aromatic nitrogens is 4. The molecule has 0 aliphatic heterocycles. The van der Waals surface area contributed by atoms with E-state index >= 15 is 0 Å². The molecule has 0 aliphatic carbocycles. The van der Waals surface area contributed by atoms with Crippen molar-refractivity contribution in [3.8, 4) is 39.9 Å². The Kier molecular flexibility index (Phi) is 5.55. The fourth-order valence-corrected chi connectivity index (χ4v) is 8.82. The van der Waals surface area contributed by atoms with E-state index in [0.717, 1.165) is 75.8 Å². The molecule has 0 fully saturated rings. The fraction of sp³-hybridized carbons (Fsp3) is 0. The van der Waals surface area contributed by atoms with E-state index in [2.05, 4.69) is 83.4 Å². The van der Waals surface area contributed by atoms with Gasteiger partial charge in [-0.15, -0.1) is 11.3 Å². The number of fused-ring (bicyclic) bond motifs is 12. The van der Waals surface area contributed by atoms with E-state index in [-0.39, 0.29) is 24.2 Å². The highest BCUT2D eigenvalue weighted by molar-refractivity contribution is 7.26. The van der Waals surface area contributed by atoms with E-state index in [4.69, 9.17) is 20.4 Å². The first-order valence-corrected chi connectivity index (χ1v) is 17.9. The van der Waals surface area contributed by atoms with Crippen LogP contribution in [-0.4, -0.2) is 19.5 Å². The van der Waals surface area contributed by atoms with E-state index < -0.39 is 0 Å². The number of hydrogen-bond acceptors (Lipinski definition) is 4. The summed E-state index contributed by atoms with van der Waals surface area (Å²) >= 11 is 1.44. The summed E-state index contributed by atoms with van der Waals surface area (Å²) in [6.45, 7) is 0. The van der Waals surface area contributed by atoms with Crippen LogP contribution in [0.4, 0.5) is 0 Å². The van der Waals surface area contributed by atoms with Gasteiger partial charge in [0.05, 0.1) is 16.5 Å². The maximum Gasteiger partial charge on any atom is 0.164 e. The fourth-order valence-electron chi connectivity index (χ4n) is 7.67. The summed E-state index contributed by atoms with van der Waals surface area (Å²) in [4.78, 5) is 14.8. The predicted molar refractivity (Wildman–Crippen MR) is 218 cm³/mol. The molecule has 0 atom stereocenters. The zero-order chi connectivity index (χ0) is 37.7. The monoisotopic (exact) mass is 684 g/mol. The van der Waals surface area contributed by atoms with Gasteiger partial charge in [-0.1, -0.05) is 133 Å². The Morgan fingerprint density at radius 1 is 0.442 bits per heavy atom. The van der Waals surface area contributed by atoms with Crippen LogP contribution in [0, 0.1) is 0 Å². The SMILES string of the molecule is [2H]c1c([2H])c([2H])c2c(sc3c2ccc2c3c3c4ccccc4c4ccccc4c3n2-c2ccc(-c3nc(-c4ccccc4)nc(-c4ccccc4)n3)cc2)c1[2H]. The molecule has 5 heteroatoms. The lowest BCUT2D eigenvalue weighted by atomic mass is 9.96. The topological polar surface area (TPSA) is 43.6 Å². The average molecular weight is 685 g/mol. The number of thiophene rings is 1. The lowest BCUT2D eigenvalue weighted by Gasteiger charge is -2.13. The maximum absolute atomic E-state index is 8.89. The van der Waals surface area contributed by atoms with Crippen LogP contribution in [-0.2, 0) is 0 Å². The largest absolute Gasteiger partial charge is 0.309 e. The number of nitrogens with zero attached hydrogens (tertiary/aromatic N) is 4. The summed E-state index contributed by atoms with van der Waals surface area (Å²) in [5, 5.41) is 8.02. The highest BCUT2D eigenvalue weighted by atomic mass is 32.1. The van der Waals surface area contributed by atoms with Gasteiger partial charge in [0.1, 0.15) is 0 Å². The van der Waals surface area contributed by atoms with Crippen molar-refractivity contribution in [2.45, 2.75) is 0 Å². The molecule has 8 aromatic carbocycles. The van der Waals surface area contributed by atoms with Gasteiger partial charge in [0, 0.05) is 58.7 Å². The molecular weight excluding hydrogens is 653 g/mol. The van der Waals surface area contributed by atoms with Crippen LogP contribution < -0.4 is 0 Å². The lowest BCUT2D eigenvalue weighted by Crippen LogP contribution is -2.00. The van der Waals surface area contributed by atoms with Crippen LogP contribution >= 0.6 is 11.3 Å². The Labute approximate surface area is 308 Å².